The summed E-state index contributed by atoms with van der Waals surface area (Å²) in [5.74, 6) is 2.45. The molecular weight excluding hydrogens is 372 g/mol. The van der Waals surface area contributed by atoms with E-state index in [1.165, 1.54) is 50.1 Å². The summed E-state index contributed by atoms with van der Waals surface area (Å²) in [5.41, 5.74) is 0.911. The van der Waals surface area contributed by atoms with Crippen LogP contribution in [0.2, 0.25) is 0 Å². The van der Waals surface area contributed by atoms with Gasteiger partial charge in [0, 0.05) is 6.54 Å². The minimum atomic E-state index is 0.623. The summed E-state index contributed by atoms with van der Waals surface area (Å²) in [6.45, 7) is 4.11. The number of methoxy groups -OCH3 is 1. The summed E-state index contributed by atoms with van der Waals surface area (Å²) in [5, 5.41) is 0.623. The molecule has 0 spiro atoms. The van der Waals surface area contributed by atoms with Crippen molar-refractivity contribution in [3.05, 3.63) is 42.5 Å². The topological polar surface area (TPSA) is 43.8 Å². The molecule has 2 heterocycles. The lowest BCUT2D eigenvalue weighted by molar-refractivity contribution is 0.214. The standard InChI is InChI=1S/C22H26N2O3S/c1-25-19-10-11-20-21(16-19)28-22(23-20)27-18-8-6-17(7-9-18)26-15-14-24-12-4-2-3-5-13-24/h6-11,16H,2-5,12-15H2,1H3. The third-order valence-electron chi connectivity index (χ3n) is 4.98. The van der Waals surface area contributed by atoms with E-state index >= 15 is 0 Å². The van der Waals surface area contributed by atoms with E-state index in [0.717, 1.165) is 40.6 Å². The first-order valence-electron chi connectivity index (χ1n) is 9.88. The number of hydrogen-bond acceptors (Lipinski definition) is 6. The minimum Gasteiger partial charge on any atom is -0.497 e. The molecule has 1 saturated heterocycles. The van der Waals surface area contributed by atoms with Crippen molar-refractivity contribution in [2.75, 3.05) is 33.4 Å². The molecule has 0 N–H and O–H groups in total. The van der Waals surface area contributed by atoms with Crippen molar-refractivity contribution in [1.82, 2.24) is 9.88 Å². The van der Waals surface area contributed by atoms with Gasteiger partial charge in [-0.05, 0) is 68.4 Å². The Morgan fingerprint density at radius 2 is 1.64 bits per heavy atom. The van der Waals surface area contributed by atoms with Gasteiger partial charge in [-0.2, -0.15) is 0 Å². The Morgan fingerprint density at radius 3 is 2.39 bits per heavy atom. The van der Waals surface area contributed by atoms with Crippen LogP contribution in [-0.4, -0.2) is 43.2 Å². The Hall–Kier alpha value is -2.31. The average Bonchev–Trinajstić information content (AvgIpc) is 2.93. The van der Waals surface area contributed by atoms with Crippen molar-refractivity contribution in [2.45, 2.75) is 25.7 Å². The fourth-order valence-electron chi connectivity index (χ4n) is 3.41. The molecule has 0 unspecified atom stereocenters. The van der Waals surface area contributed by atoms with Crippen LogP contribution in [0.15, 0.2) is 42.5 Å². The highest BCUT2D eigenvalue weighted by atomic mass is 32.1. The van der Waals surface area contributed by atoms with E-state index in [0.29, 0.717) is 5.19 Å². The van der Waals surface area contributed by atoms with Gasteiger partial charge in [0.25, 0.3) is 5.19 Å². The van der Waals surface area contributed by atoms with Crippen molar-refractivity contribution < 1.29 is 14.2 Å². The fraction of sp³-hybridized carbons (Fsp3) is 0.409. The molecule has 1 fully saturated rings. The van der Waals surface area contributed by atoms with Gasteiger partial charge < -0.3 is 14.2 Å². The minimum absolute atomic E-state index is 0.623. The Morgan fingerprint density at radius 1 is 0.929 bits per heavy atom. The first kappa shape index (κ1) is 19.0. The molecule has 4 rings (SSSR count). The number of nitrogens with zero attached hydrogens (tertiary/aromatic N) is 2. The summed E-state index contributed by atoms with van der Waals surface area (Å²) in [7, 11) is 1.66. The van der Waals surface area contributed by atoms with Crippen molar-refractivity contribution in [1.29, 1.82) is 0 Å². The Balaban J connectivity index is 1.30. The van der Waals surface area contributed by atoms with Crippen LogP contribution in [0.4, 0.5) is 0 Å². The van der Waals surface area contributed by atoms with Crippen LogP contribution in [0.5, 0.6) is 22.4 Å². The number of benzene rings is 2. The van der Waals surface area contributed by atoms with Gasteiger partial charge in [0.2, 0.25) is 0 Å². The van der Waals surface area contributed by atoms with E-state index in [1.807, 2.05) is 42.5 Å². The molecule has 1 aromatic heterocycles. The quantitative estimate of drug-likeness (QED) is 0.537. The molecule has 0 aliphatic carbocycles. The number of hydrogen-bond donors (Lipinski definition) is 0. The summed E-state index contributed by atoms with van der Waals surface area (Å²) in [6.07, 6.45) is 5.34. The molecule has 3 aromatic rings. The second kappa shape index (κ2) is 9.26. The van der Waals surface area contributed by atoms with Crippen molar-refractivity contribution >= 4 is 21.6 Å². The first-order valence-corrected chi connectivity index (χ1v) is 10.7. The predicted octanol–water partition coefficient (Wildman–Crippen LogP) is 5.35. The number of fused-ring (bicyclic) bond motifs is 1. The molecule has 2 aromatic carbocycles. The number of rotatable bonds is 7. The third kappa shape index (κ3) is 4.94. The molecule has 148 valence electrons. The first-order chi connectivity index (χ1) is 13.8. The zero-order valence-electron chi connectivity index (χ0n) is 16.2. The van der Waals surface area contributed by atoms with Gasteiger partial charge in [0.05, 0.1) is 17.3 Å². The lowest BCUT2D eigenvalue weighted by Gasteiger charge is -2.19. The lowest BCUT2D eigenvalue weighted by atomic mass is 10.2. The van der Waals surface area contributed by atoms with E-state index < -0.39 is 0 Å². The maximum Gasteiger partial charge on any atom is 0.279 e. The van der Waals surface area contributed by atoms with Crippen molar-refractivity contribution in [3.8, 4) is 22.4 Å². The van der Waals surface area contributed by atoms with Gasteiger partial charge in [-0.15, -0.1) is 0 Å². The van der Waals surface area contributed by atoms with Gasteiger partial charge in [0.15, 0.2) is 0 Å². The number of thiazole rings is 1. The van der Waals surface area contributed by atoms with Crippen molar-refractivity contribution in [2.24, 2.45) is 0 Å². The normalized spacial score (nSPS) is 15.3. The van der Waals surface area contributed by atoms with Crippen LogP contribution in [0.3, 0.4) is 0 Å². The average molecular weight is 399 g/mol. The highest BCUT2D eigenvalue weighted by Crippen LogP contribution is 2.33. The van der Waals surface area contributed by atoms with Crippen LogP contribution in [0, 0.1) is 0 Å². The van der Waals surface area contributed by atoms with Crippen LogP contribution >= 0.6 is 11.3 Å². The van der Waals surface area contributed by atoms with Crippen LogP contribution < -0.4 is 14.2 Å². The van der Waals surface area contributed by atoms with Crippen LogP contribution in [0.25, 0.3) is 10.2 Å². The van der Waals surface area contributed by atoms with Crippen LogP contribution in [0.1, 0.15) is 25.7 Å². The van der Waals surface area contributed by atoms with Crippen LogP contribution in [-0.2, 0) is 0 Å². The highest BCUT2D eigenvalue weighted by molar-refractivity contribution is 7.20. The molecule has 1 aliphatic heterocycles. The van der Waals surface area contributed by atoms with Crippen molar-refractivity contribution in [3.63, 3.8) is 0 Å². The molecule has 0 atom stereocenters. The van der Waals surface area contributed by atoms with E-state index in [1.54, 1.807) is 7.11 Å². The van der Waals surface area contributed by atoms with Gasteiger partial charge in [0.1, 0.15) is 23.9 Å². The maximum atomic E-state index is 5.91. The smallest absolute Gasteiger partial charge is 0.279 e. The summed E-state index contributed by atoms with van der Waals surface area (Å²) in [4.78, 5) is 7.03. The Bertz CT molecular complexity index is 886. The summed E-state index contributed by atoms with van der Waals surface area (Å²) in [6, 6.07) is 13.6. The lowest BCUT2D eigenvalue weighted by Crippen LogP contribution is -2.29. The zero-order chi connectivity index (χ0) is 19.2. The fourth-order valence-corrected chi connectivity index (χ4v) is 4.27. The number of likely N-dealkylation sites (tertiary alicyclic amines) is 1. The largest absolute Gasteiger partial charge is 0.497 e. The predicted molar refractivity (Wildman–Crippen MR) is 113 cm³/mol. The third-order valence-corrected chi connectivity index (χ3v) is 5.88. The second-order valence-corrected chi connectivity index (χ2v) is 7.98. The Labute approximate surface area is 169 Å². The maximum absolute atomic E-state index is 5.91. The van der Waals surface area contributed by atoms with Gasteiger partial charge in [-0.1, -0.05) is 24.2 Å². The SMILES string of the molecule is COc1ccc2nc(Oc3ccc(OCCN4CCCCCC4)cc3)sc2c1. The summed E-state index contributed by atoms with van der Waals surface area (Å²) >= 11 is 1.51. The van der Waals surface area contributed by atoms with E-state index in [4.69, 9.17) is 14.2 Å². The molecular formula is C22H26N2O3S. The highest BCUT2D eigenvalue weighted by Gasteiger charge is 2.09. The molecule has 0 saturated carbocycles. The monoisotopic (exact) mass is 398 g/mol. The molecule has 5 nitrogen and oxygen atoms in total. The van der Waals surface area contributed by atoms with Gasteiger partial charge in [-0.25, -0.2) is 4.98 Å². The second-order valence-electron chi connectivity index (χ2n) is 6.99. The molecule has 0 bridgehead atoms. The van der Waals surface area contributed by atoms with Gasteiger partial charge >= 0.3 is 0 Å². The van der Waals surface area contributed by atoms with E-state index in [9.17, 15) is 0 Å². The molecule has 1 aliphatic rings. The van der Waals surface area contributed by atoms with E-state index in [2.05, 4.69) is 9.88 Å². The molecule has 28 heavy (non-hydrogen) atoms. The molecule has 0 amide bonds. The number of aromatic nitrogens is 1. The zero-order valence-corrected chi connectivity index (χ0v) is 17.0. The summed E-state index contributed by atoms with van der Waals surface area (Å²) < 4.78 is 18.1. The van der Waals surface area contributed by atoms with E-state index in [-0.39, 0.29) is 0 Å². The molecule has 0 radical (unpaired) electrons. The van der Waals surface area contributed by atoms with Gasteiger partial charge in [-0.3, -0.25) is 4.90 Å². The number of ether oxygens (including phenoxy) is 3. The molecule has 6 heteroatoms. The Kier molecular flexibility index (Phi) is 6.29.